The normalized spacial score (nSPS) is 11.6. The van der Waals surface area contributed by atoms with E-state index in [-0.39, 0.29) is 11.2 Å². The molecule has 19 heavy (non-hydrogen) atoms. The quantitative estimate of drug-likeness (QED) is 0.825. The maximum Gasteiger partial charge on any atom is 0.375 e. The van der Waals surface area contributed by atoms with Crippen LogP contribution in [-0.4, -0.2) is 25.8 Å². The summed E-state index contributed by atoms with van der Waals surface area (Å²) in [5, 5.41) is 13.1. The van der Waals surface area contributed by atoms with Crippen molar-refractivity contribution in [2.45, 2.75) is 26.2 Å². The van der Waals surface area contributed by atoms with Crippen LogP contribution in [0.1, 0.15) is 37.2 Å². The minimum atomic E-state index is -1.12. The monoisotopic (exact) mass is 371 g/mol. The van der Waals surface area contributed by atoms with Crippen LogP contribution in [0.4, 0.5) is 0 Å². The van der Waals surface area contributed by atoms with E-state index in [1.807, 2.05) is 45.0 Å². The van der Waals surface area contributed by atoms with Gasteiger partial charge in [0.25, 0.3) is 5.82 Å². The highest BCUT2D eigenvalue weighted by Crippen LogP contribution is 2.23. The summed E-state index contributed by atoms with van der Waals surface area (Å²) in [6.07, 6.45) is 0. The Balaban J connectivity index is 2.61. The van der Waals surface area contributed by atoms with Crippen molar-refractivity contribution in [3.8, 4) is 5.69 Å². The standard InChI is InChI=1S/C13H14IN3O2/c1-13(2,3)12-15-10(11(18)19)16-17(12)9-6-4-8(14)5-7-9/h4-7H,1-3H3,(H,18,19). The van der Waals surface area contributed by atoms with E-state index in [0.29, 0.717) is 5.82 Å². The van der Waals surface area contributed by atoms with E-state index < -0.39 is 5.97 Å². The molecule has 2 aromatic rings. The molecule has 0 bridgehead atoms. The second-order valence-electron chi connectivity index (χ2n) is 5.20. The minimum absolute atomic E-state index is 0.177. The number of benzene rings is 1. The van der Waals surface area contributed by atoms with Gasteiger partial charge < -0.3 is 5.11 Å². The highest BCUT2D eigenvalue weighted by molar-refractivity contribution is 14.1. The molecule has 100 valence electrons. The van der Waals surface area contributed by atoms with E-state index >= 15 is 0 Å². The van der Waals surface area contributed by atoms with Crippen molar-refractivity contribution in [2.75, 3.05) is 0 Å². The number of carbonyl (C=O) groups is 1. The lowest BCUT2D eigenvalue weighted by atomic mass is 9.95. The van der Waals surface area contributed by atoms with Crippen LogP contribution in [0.3, 0.4) is 0 Å². The number of hydrogen-bond donors (Lipinski definition) is 1. The van der Waals surface area contributed by atoms with Gasteiger partial charge in [-0.25, -0.2) is 14.5 Å². The predicted molar refractivity (Wildman–Crippen MR) is 79.7 cm³/mol. The fourth-order valence-corrected chi connectivity index (χ4v) is 2.01. The molecule has 0 aliphatic rings. The number of halogens is 1. The first-order chi connectivity index (χ1) is 8.79. The van der Waals surface area contributed by atoms with Gasteiger partial charge in [0.1, 0.15) is 5.82 Å². The van der Waals surface area contributed by atoms with Gasteiger partial charge in [-0.1, -0.05) is 20.8 Å². The van der Waals surface area contributed by atoms with Gasteiger partial charge in [0.2, 0.25) is 0 Å². The Morgan fingerprint density at radius 3 is 2.32 bits per heavy atom. The van der Waals surface area contributed by atoms with E-state index in [1.165, 1.54) is 0 Å². The average molecular weight is 371 g/mol. The lowest BCUT2D eigenvalue weighted by Gasteiger charge is -2.18. The zero-order chi connectivity index (χ0) is 14.2. The molecule has 5 nitrogen and oxygen atoms in total. The van der Waals surface area contributed by atoms with Crippen molar-refractivity contribution in [1.29, 1.82) is 0 Å². The highest BCUT2D eigenvalue weighted by atomic mass is 127. The van der Waals surface area contributed by atoms with Crippen LogP contribution in [0.5, 0.6) is 0 Å². The van der Waals surface area contributed by atoms with Gasteiger partial charge in [-0.2, -0.15) is 0 Å². The lowest BCUT2D eigenvalue weighted by Crippen LogP contribution is -2.18. The molecule has 1 N–H and O–H groups in total. The van der Waals surface area contributed by atoms with Gasteiger partial charge in [0.05, 0.1) is 5.69 Å². The zero-order valence-corrected chi connectivity index (χ0v) is 13.0. The molecule has 0 radical (unpaired) electrons. The Hall–Kier alpha value is -1.44. The Bertz CT molecular complexity index is 612. The topological polar surface area (TPSA) is 68.0 Å². The van der Waals surface area contributed by atoms with Gasteiger partial charge in [-0.05, 0) is 46.9 Å². The van der Waals surface area contributed by atoms with Crippen LogP contribution in [0, 0.1) is 3.57 Å². The SMILES string of the molecule is CC(C)(C)c1nc(C(=O)O)nn1-c1ccc(I)cc1. The number of carboxylic acid groups (broad SMARTS) is 1. The van der Waals surface area contributed by atoms with Crippen molar-refractivity contribution in [3.63, 3.8) is 0 Å². The van der Waals surface area contributed by atoms with Crippen LogP contribution in [-0.2, 0) is 5.41 Å². The second kappa shape index (κ2) is 4.92. The summed E-state index contributed by atoms with van der Waals surface area (Å²) in [6, 6.07) is 7.70. The molecule has 2 rings (SSSR count). The fraction of sp³-hybridized carbons (Fsp3) is 0.308. The summed E-state index contributed by atoms with van der Waals surface area (Å²) in [5.74, 6) is -0.663. The van der Waals surface area contributed by atoms with Crippen molar-refractivity contribution in [3.05, 3.63) is 39.5 Å². The van der Waals surface area contributed by atoms with Crippen LogP contribution in [0.15, 0.2) is 24.3 Å². The predicted octanol–water partition coefficient (Wildman–Crippen LogP) is 2.87. The smallest absolute Gasteiger partial charge is 0.375 e. The van der Waals surface area contributed by atoms with E-state index in [2.05, 4.69) is 32.7 Å². The molecule has 1 aromatic carbocycles. The number of carboxylic acids is 1. The average Bonchev–Trinajstić information content (AvgIpc) is 2.74. The van der Waals surface area contributed by atoms with Gasteiger partial charge in [-0.15, -0.1) is 5.10 Å². The van der Waals surface area contributed by atoms with Crippen molar-refractivity contribution in [2.24, 2.45) is 0 Å². The van der Waals surface area contributed by atoms with Gasteiger partial charge in [-0.3, -0.25) is 0 Å². The van der Waals surface area contributed by atoms with Crippen molar-refractivity contribution < 1.29 is 9.90 Å². The molecule has 1 aromatic heterocycles. The first kappa shape index (κ1) is 14.0. The van der Waals surface area contributed by atoms with Gasteiger partial charge >= 0.3 is 5.97 Å². The van der Waals surface area contributed by atoms with Crippen LogP contribution in [0.25, 0.3) is 5.69 Å². The van der Waals surface area contributed by atoms with E-state index in [9.17, 15) is 4.79 Å². The summed E-state index contributed by atoms with van der Waals surface area (Å²) in [4.78, 5) is 15.2. The summed E-state index contributed by atoms with van der Waals surface area (Å²) in [7, 11) is 0. The Morgan fingerprint density at radius 2 is 1.84 bits per heavy atom. The molecule has 0 aliphatic heterocycles. The van der Waals surface area contributed by atoms with Crippen molar-refractivity contribution >= 4 is 28.6 Å². The molecule has 0 spiro atoms. The molecular weight excluding hydrogens is 357 g/mol. The number of nitrogens with zero attached hydrogens (tertiary/aromatic N) is 3. The Morgan fingerprint density at radius 1 is 1.26 bits per heavy atom. The maximum absolute atomic E-state index is 11.0. The molecule has 1 heterocycles. The molecule has 0 unspecified atom stereocenters. The molecule has 0 saturated carbocycles. The summed E-state index contributed by atoms with van der Waals surface area (Å²) in [5.41, 5.74) is 0.523. The third-order valence-corrected chi connectivity index (χ3v) is 3.26. The summed E-state index contributed by atoms with van der Waals surface area (Å²) in [6.45, 7) is 5.93. The lowest BCUT2D eigenvalue weighted by molar-refractivity contribution is 0.0683. The minimum Gasteiger partial charge on any atom is -0.475 e. The van der Waals surface area contributed by atoms with E-state index in [4.69, 9.17) is 5.11 Å². The zero-order valence-electron chi connectivity index (χ0n) is 10.9. The number of aromatic nitrogens is 3. The largest absolute Gasteiger partial charge is 0.475 e. The van der Waals surface area contributed by atoms with Gasteiger partial charge in [0, 0.05) is 8.99 Å². The van der Waals surface area contributed by atoms with Crippen LogP contribution in [0.2, 0.25) is 0 Å². The molecule has 6 heteroatoms. The molecule has 0 saturated heterocycles. The van der Waals surface area contributed by atoms with Crippen molar-refractivity contribution in [1.82, 2.24) is 14.8 Å². The first-order valence-electron chi connectivity index (χ1n) is 5.76. The highest BCUT2D eigenvalue weighted by Gasteiger charge is 2.25. The molecular formula is C13H14IN3O2. The third kappa shape index (κ3) is 2.94. The number of rotatable bonds is 2. The third-order valence-electron chi connectivity index (χ3n) is 2.54. The Labute approximate surface area is 124 Å². The molecule has 0 aliphatic carbocycles. The number of aromatic carboxylic acids is 1. The van der Waals surface area contributed by atoms with Crippen LogP contribution < -0.4 is 0 Å². The van der Waals surface area contributed by atoms with Gasteiger partial charge in [0.15, 0.2) is 0 Å². The molecule has 0 fully saturated rings. The molecule has 0 atom stereocenters. The van der Waals surface area contributed by atoms with E-state index in [1.54, 1.807) is 4.68 Å². The summed E-state index contributed by atoms with van der Waals surface area (Å²) >= 11 is 2.22. The molecule has 0 amide bonds. The maximum atomic E-state index is 11.0. The fourth-order valence-electron chi connectivity index (χ4n) is 1.65. The van der Waals surface area contributed by atoms with Crippen LogP contribution >= 0.6 is 22.6 Å². The summed E-state index contributed by atoms with van der Waals surface area (Å²) < 4.78 is 2.71. The number of hydrogen-bond acceptors (Lipinski definition) is 3. The Kier molecular flexibility index (Phi) is 3.62. The second-order valence-corrected chi connectivity index (χ2v) is 6.45. The van der Waals surface area contributed by atoms with E-state index in [0.717, 1.165) is 9.26 Å². The first-order valence-corrected chi connectivity index (χ1v) is 6.83.